The standard InChI is InChI=1S/C20H35O7PS/c1-7-10-11-17-16(12-15(13-29-17)18(21)24-8-2)28(23,26-9-3)27-14-25-19(22)20(4,5)6/h15H,7-14H2,1-6H3/t15-,28?/m0/s1. The molecule has 29 heavy (non-hydrogen) atoms. The highest BCUT2D eigenvalue weighted by Crippen LogP contribution is 2.62. The van der Waals surface area contributed by atoms with E-state index in [2.05, 4.69) is 6.92 Å². The maximum atomic E-state index is 13.6. The van der Waals surface area contributed by atoms with Crippen LogP contribution in [0.25, 0.3) is 0 Å². The number of carbonyl (C=O) groups excluding carboxylic acids is 2. The van der Waals surface area contributed by atoms with Crippen LogP contribution in [0.3, 0.4) is 0 Å². The van der Waals surface area contributed by atoms with Crippen LogP contribution in [0, 0.1) is 11.3 Å². The summed E-state index contributed by atoms with van der Waals surface area (Å²) in [4.78, 5) is 25.2. The summed E-state index contributed by atoms with van der Waals surface area (Å²) in [6.07, 6.45) is 2.92. The Labute approximate surface area is 178 Å². The van der Waals surface area contributed by atoms with Gasteiger partial charge in [-0.3, -0.25) is 18.7 Å². The lowest BCUT2D eigenvalue weighted by atomic mass is 9.98. The molecule has 0 spiro atoms. The average Bonchev–Trinajstić information content (AvgIpc) is 2.65. The maximum Gasteiger partial charge on any atom is 0.361 e. The fourth-order valence-corrected chi connectivity index (χ4v) is 6.15. The summed E-state index contributed by atoms with van der Waals surface area (Å²) in [6, 6.07) is 0. The molecule has 0 bridgehead atoms. The molecule has 0 aromatic heterocycles. The quantitative estimate of drug-likeness (QED) is 0.232. The zero-order valence-electron chi connectivity index (χ0n) is 18.4. The van der Waals surface area contributed by atoms with Gasteiger partial charge in [0.2, 0.25) is 6.79 Å². The summed E-state index contributed by atoms with van der Waals surface area (Å²) >= 11 is 1.51. The molecule has 0 fully saturated rings. The molecule has 0 radical (unpaired) electrons. The van der Waals surface area contributed by atoms with E-state index in [1.807, 2.05) is 0 Å². The number of carbonyl (C=O) groups is 2. The molecule has 1 heterocycles. The van der Waals surface area contributed by atoms with E-state index in [4.69, 9.17) is 18.5 Å². The van der Waals surface area contributed by atoms with E-state index < -0.39 is 31.7 Å². The molecule has 0 saturated heterocycles. The lowest BCUT2D eigenvalue weighted by Crippen LogP contribution is -2.25. The van der Waals surface area contributed by atoms with Crippen LogP contribution in [0.4, 0.5) is 0 Å². The highest BCUT2D eigenvalue weighted by Gasteiger charge is 2.40. The van der Waals surface area contributed by atoms with E-state index in [-0.39, 0.29) is 19.0 Å². The number of rotatable bonds is 11. The van der Waals surface area contributed by atoms with E-state index >= 15 is 0 Å². The van der Waals surface area contributed by atoms with E-state index in [0.29, 0.717) is 17.7 Å². The molecule has 7 nitrogen and oxygen atoms in total. The van der Waals surface area contributed by atoms with Crippen LogP contribution in [0.5, 0.6) is 0 Å². The van der Waals surface area contributed by atoms with Gasteiger partial charge in [0, 0.05) is 5.75 Å². The van der Waals surface area contributed by atoms with Gasteiger partial charge in [-0.2, -0.15) is 0 Å². The maximum absolute atomic E-state index is 13.6. The lowest BCUT2D eigenvalue weighted by Gasteiger charge is -2.30. The second-order valence-corrected chi connectivity index (χ2v) is 10.9. The molecule has 168 valence electrons. The van der Waals surface area contributed by atoms with Gasteiger partial charge in [0.15, 0.2) is 0 Å². The van der Waals surface area contributed by atoms with E-state index in [1.54, 1.807) is 34.6 Å². The van der Waals surface area contributed by atoms with Crippen molar-refractivity contribution >= 4 is 31.3 Å². The molecule has 1 aliphatic rings. The first-order chi connectivity index (χ1) is 13.6. The Morgan fingerprint density at radius 1 is 1.10 bits per heavy atom. The van der Waals surface area contributed by atoms with Gasteiger partial charge in [-0.25, -0.2) is 0 Å². The molecule has 0 aromatic carbocycles. The van der Waals surface area contributed by atoms with Gasteiger partial charge >= 0.3 is 19.5 Å². The lowest BCUT2D eigenvalue weighted by molar-refractivity contribution is -0.159. The Hall–Kier alpha value is -0.820. The number of ether oxygens (including phenoxy) is 2. The van der Waals surface area contributed by atoms with Crippen molar-refractivity contribution in [2.75, 3.05) is 25.8 Å². The number of unbranched alkanes of at least 4 members (excludes halogenated alkanes) is 1. The van der Waals surface area contributed by atoms with Gasteiger partial charge in [0.25, 0.3) is 0 Å². The third-order valence-electron chi connectivity index (χ3n) is 4.25. The van der Waals surface area contributed by atoms with Gasteiger partial charge < -0.3 is 14.0 Å². The molecule has 0 amide bonds. The first-order valence-corrected chi connectivity index (χ1v) is 12.7. The van der Waals surface area contributed by atoms with Crippen molar-refractivity contribution in [1.29, 1.82) is 0 Å². The van der Waals surface area contributed by atoms with Gasteiger partial charge in [-0.15, -0.1) is 11.8 Å². The molecule has 0 aliphatic carbocycles. The van der Waals surface area contributed by atoms with Crippen molar-refractivity contribution < 1.29 is 32.7 Å². The third kappa shape index (κ3) is 8.08. The van der Waals surface area contributed by atoms with Gasteiger partial charge in [-0.1, -0.05) is 13.3 Å². The fourth-order valence-electron chi connectivity index (χ4n) is 2.65. The number of hydrogen-bond donors (Lipinski definition) is 0. The monoisotopic (exact) mass is 450 g/mol. The summed E-state index contributed by atoms with van der Waals surface area (Å²) in [5.41, 5.74) is -0.694. The summed E-state index contributed by atoms with van der Waals surface area (Å²) in [7, 11) is -3.72. The normalized spacial score (nSPS) is 19.6. The second-order valence-electron chi connectivity index (χ2n) is 7.78. The molecular formula is C20H35O7PS. The van der Waals surface area contributed by atoms with Crippen molar-refractivity contribution in [3.63, 3.8) is 0 Å². The smallest absolute Gasteiger partial charge is 0.361 e. The zero-order chi connectivity index (χ0) is 22.1. The zero-order valence-corrected chi connectivity index (χ0v) is 20.2. The molecule has 9 heteroatoms. The van der Waals surface area contributed by atoms with Crippen molar-refractivity contribution in [3.05, 3.63) is 10.2 Å². The van der Waals surface area contributed by atoms with Gasteiger partial charge in [-0.05, 0) is 58.8 Å². The number of hydrogen-bond acceptors (Lipinski definition) is 8. The minimum atomic E-state index is -3.72. The van der Waals surface area contributed by atoms with Crippen molar-refractivity contribution in [1.82, 2.24) is 0 Å². The van der Waals surface area contributed by atoms with Crippen molar-refractivity contribution in [3.8, 4) is 0 Å². The fraction of sp³-hybridized carbons (Fsp3) is 0.800. The third-order valence-corrected chi connectivity index (χ3v) is 7.93. The van der Waals surface area contributed by atoms with Crippen LogP contribution >= 0.6 is 19.4 Å². The van der Waals surface area contributed by atoms with Crippen molar-refractivity contribution in [2.24, 2.45) is 11.3 Å². The molecule has 0 N–H and O–H groups in total. The Bertz CT molecular complexity index is 639. The molecule has 0 saturated carbocycles. The Morgan fingerprint density at radius 2 is 1.79 bits per heavy atom. The number of esters is 2. The Balaban J connectivity index is 3.08. The average molecular weight is 451 g/mol. The summed E-state index contributed by atoms with van der Waals surface area (Å²) < 4.78 is 35.0. The Morgan fingerprint density at radius 3 is 2.34 bits per heavy atom. The van der Waals surface area contributed by atoms with Crippen LogP contribution in [-0.2, 0) is 32.7 Å². The predicted molar refractivity (Wildman–Crippen MR) is 114 cm³/mol. The summed E-state index contributed by atoms with van der Waals surface area (Å²) in [5.74, 6) is -0.598. The van der Waals surface area contributed by atoms with Crippen molar-refractivity contribution in [2.45, 2.75) is 67.2 Å². The van der Waals surface area contributed by atoms with Crippen LogP contribution < -0.4 is 0 Å². The molecule has 1 aliphatic heterocycles. The van der Waals surface area contributed by atoms with E-state index in [9.17, 15) is 14.2 Å². The van der Waals surface area contributed by atoms with Crippen LogP contribution in [0.15, 0.2) is 10.2 Å². The number of thioether (sulfide) groups is 1. The van der Waals surface area contributed by atoms with Gasteiger partial charge in [0.05, 0.1) is 29.9 Å². The molecule has 2 atom stereocenters. The predicted octanol–water partition coefficient (Wildman–Crippen LogP) is 5.50. The largest absolute Gasteiger partial charge is 0.466 e. The topological polar surface area (TPSA) is 88.1 Å². The van der Waals surface area contributed by atoms with E-state index in [1.165, 1.54) is 11.8 Å². The van der Waals surface area contributed by atoms with Crippen LogP contribution in [-0.4, -0.2) is 37.7 Å². The summed E-state index contributed by atoms with van der Waals surface area (Å²) in [6.45, 7) is 10.7. The number of allylic oxidation sites excluding steroid dienone is 2. The highest BCUT2D eigenvalue weighted by atomic mass is 32.2. The summed E-state index contributed by atoms with van der Waals surface area (Å²) in [5, 5.41) is 0.508. The minimum Gasteiger partial charge on any atom is -0.466 e. The SMILES string of the molecule is CCCCC1=C(P(=O)(OCC)OCOC(=O)C(C)(C)C)C[C@H](C(=O)OCC)CS1. The first kappa shape index (κ1) is 26.2. The molecule has 1 rings (SSSR count). The van der Waals surface area contributed by atoms with Gasteiger partial charge in [0.1, 0.15) is 0 Å². The minimum absolute atomic E-state index is 0.170. The first-order valence-electron chi connectivity index (χ1n) is 10.2. The van der Waals surface area contributed by atoms with Crippen LogP contribution in [0.2, 0.25) is 0 Å². The molecule has 0 aromatic rings. The Kier molecular flexibility index (Phi) is 11.0. The molecular weight excluding hydrogens is 415 g/mol. The van der Waals surface area contributed by atoms with E-state index in [0.717, 1.165) is 24.2 Å². The second kappa shape index (κ2) is 12.1. The highest BCUT2D eigenvalue weighted by molar-refractivity contribution is 8.03. The van der Waals surface area contributed by atoms with Crippen LogP contribution in [0.1, 0.15) is 67.2 Å². The molecule has 1 unspecified atom stereocenters.